The van der Waals surface area contributed by atoms with Gasteiger partial charge in [0, 0.05) is 7.11 Å². The highest BCUT2D eigenvalue weighted by molar-refractivity contribution is 5.13. The second kappa shape index (κ2) is 5.40. The van der Waals surface area contributed by atoms with Crippen molar-refractivity contribution in [2.45, 2.75) is 57.1 Å². The van der Waals surface area contributed by atoms with Crippen molar-refractivity contribution in [3.8, 4) is 0 Å². The SMILES string of the molecule is COC1(C(N)C2=CCCCO2)CCC(C)CC1. The van der Waals surface area contributed by atoms with Crippen molar-refractivity contribution >= 4 is 0 Å². The van der Waals surface area contributed by atoms with E-state index in [9.17, 15) is 0 Å². The average molecular weight is 239 g/mol. The van der Waals surface area contributed by atoms with Crippen molar-refractivity contribution in [3.05, 3.63) is 11.8 Å². The summed E-state index contributed by atoms with van der Waals surface area (Å²) in [4.78, 5) is 0. The summed E-state index contributed by atoms with van der Waals surface area (Å²) in [7, 11) is 1.79. The van der Waals surface area contributed by atoms with Gasteiger partial charge in [-0.25, -0.2) is 0 Å². The molecule has 1 saturated carbocycles. The fourth-order valence-corrected chi connectivity index (χ4v) is 2.95. The molecule has 0 spiro atoms. The quantitative estimate of drug-likeness (QED) is 0.823. The Hall–Kier alpha value is -0.540. The fourth-order valence-electron chi connectivity index (χ4n) is 2.95. The van der Waals surface area contributed by atoms with E-state index in [4.69, 9.17) is 15.2 Å². The van der Waals surface area contributed by atoms with E-state index in [1.165, 1.54) is 12.8 Å². The van der Waals surface area contributed by atoms with Gasteiger partial charge in [0.05, 0.1) is 18.2 Å². The summed E-state index contributed by atoms with van der Waals surface area (Å²) >= 11 is 0. The van der Waals surface area contributed by atoms with E-state index < -0.39 is 0 Å². The molecule has 1 heterocycles. The Morgan fingerprint density at radius 1 is 1.47 bits per heavy atom. The van der Waals surface area contributed by atoms with E-state index in [0.29, 0.717) is 0 Å². The molecule has 3 nitrogen and oxygen atoms in total. The van der Waals surface area contributed by atoms with Crippen molar-refractivity contribution in [2.24, 2.45) is 11.7 Å². The van der Waals surface area contributed by atoms with Crippen LogP contribution in [0.2, 0.25) is 0 Å². The zero-order valence-electron chi connectivity index (χ0n) is 11.1. The molecule has 17 heavy (non-hydrogen) atoms. The highest BCUT2D eigenvalue weighted by Gasteiger charge is 2.42. The van der Waals surface area contributed by atoms with Gasteiger partial charge in [-0.3, -0.25) is 0 Å². The van der Waals surface area contributed by atoms with Crippen LogP contribution in [0.4, 0.5) is 0 Å². The van der Waals surface area contributed by atoms with E-state index in [1.807, 2.05) is 0 Å². The summed E-state index contributed by atoms with van der Waals surface area (Å²) in [5.41, 5.74) is 6.20. The predicted octanol–water partition coefficient (Wildman–Crippen LogP) is 2.60. The molecule has 3 heteroatoms. The van der Waals surface area contributed by atoms with Crippen molar-refractivity contribution in [1.29, 1.82) is 0 Å². The number of methoxy groups -OCH3 is 1. The van der Waals surface area contributed by atoms with E-state index in [1.54, 1.807) is 7.11 Å². The molecule has 2 N–H and O–H groups in total. The van der Waals surface area contributed by atoms with Crippen LogP contribution < -0.4 is 5.73 Å². The Morgan fingerprint density at radius 2 is 2.18 bits per heavy atom. The third-order valence-electron chi connectivity index (χ3n) is 4.36. The van der Waals surface area contributed by atoms with Gasteiger partial charge in [0.2, 0.25) is 0 Å². The minimum atomic E-state index is -0.199. The van der Waals surface area contributed by atoms with E-state index in [-0.39, 0.29) is 11.6 Å². The maximum atomic E-state index is 6.40. The van der Waals surface area contributed by atoms with Gasteiger partial charge < -0.3 is 15.2 Å². The highest BCUT2D eigenvalue weighted by Crippen LogP contribution is 2.38. The predicted molar refractivity (Wildman–Crippen MR) is 68.6 cm³/mol. The van der Waals surface area contributed by atoms with Gasteiger partial charge in [0.25, 0.3) is 0 Å². The molecule has 1 aliphatic carbocycles. The molecule has 0 aromatic heterocycles. The Bertz CT molecular complexity index is 280. The lowest BCUT2D eigenvalue weighted by atomic mass is 9.75. The van der Waals surface area contributed by atoms with Crippen molar-refractivity contribution < 1.29 is 9.47 Å². The molecule has 1 fully saturated rings. The van der Waals surface area contributed by atoms with Crippen molar-refractivity contribution in [3.63, 3.8) is 0 Å². The van der Waals surface area contributed by atoms with Gasteiger partial charge in [-0.05, 0) is 50.5 Å². The summed E-state index contributed by atoms with van der Waals surface area (Å²) in [5.74, 6) is 1.75. The lowest BCUT2D eigenvalue weighted by Gasteiger charge is -2.43. The van der Waals surface area contributed by atoms with Crippen LogP contribution in [0.15, 0.2) is 11.8 Å². The Kier molecular flexibility index (Phi) is 4.10. The molecule has 0 aromatic carbocycles. The first-order chi connectivity index (χ1) is 8.18. The molecule has 1 unspecified atom stereocenters. The van der Waals surface area contributed by atoms with Gasteiger partial charge in [0.1, 0.15) is 5.76 Å². The second-order valence-corrected chi connectivity index (χ2v) is 5.53. The zero-order chi connectivity index (χ0) is 12.3. The molecule has 98 valence electrons. The van der Waals surface area contributed by atoms with Gasteiger partial charge >= 0.3 is 0 Å². The summed E-state index contributed by atoms with van der Waals surface area (Å²) in [5, 5.41) is 0. The van der Waals surface area contributed by atoms with Crippen LogP contribution >= 0.6 is 0 Å². The van der Waals surface area contributed by atoms with Gasteiger partial charge in [-0.1, -0.05) is 6.92 Å². The normalized spacial score (nSPS) is 35.9. The van der Waals surface area contributed by atoms with Crippen LogP contribution in [0.5, 0.6) is 0 Å². The van der Waals surface area contributed by atoms with E-state index in [2.05, 4.69) is 13.0 Å². The summed E-state index contributed by atoms with van der Waals surface area (Å²) in [6.45, 7) is 3.11. The van der Waals surface area contributed by atoms with Crippen LogP contribution in [0, 0.1) is 5.92 Å². The molecule has 1 aliphatic heterocycles. The molecule has 0 saturated heterocycles. The molecule has 2 aliphatic rings. The lowest BCUT2D eigenvalue weighted by molar-refractivity contribution is -0.0694. The second-order valence-electron chi connectivity index (χ2n) is 5.53. The van der Waals surface area contributed by atoms with Crippen LogP contribution in [0.25, 0.3) is 0 Å². The maximum Gasteiger partial charge on any atom is 0.112 e. The molecule has 0 bridgehead atoms. The molecule has 1 atom stereocenters. The largest absolute Gasteiger partial charge is 0.496 e. The summed E-state index contributed by atoms with van der Waals surface area (Å²) < 4.78 is 11.5. The Labute approximate surface area is 104 Å². The van der Waals surface area contributed by atoms with Gasteiger partial charge in [-0.15, -0.1) is 0 Å². The topological polar surface area (TPSA) is 44.5 Å². The van der Waals surface area contributed by atoms with E-state index >= 15 is 0 Å². The fraction of sp³-hybridized carbons (Fsp3) is 0.857. The monoisotopic (exact) mass is 239 g/mol. The number of hydrogen-bond acceptors (Lipinski definition) is 3. The minimum Gasteiger partial charge on any atom is -0.496 e. The maximum absolute atomic E-state index is 6.40. The number of rotatable bonds is 3. The summed E-state index contributed by atoms with van der Waals surface area (Å²) in [6.07, 6.45) is 8.84. The third kappa shape index (κ3) is 2.66. The van der Waals surface area contributed by atoms with Crippen LogP contribution in [-0.2, 0) is 9.47 Å². The standard InChI is InChI=1S/C14H25NO2/c1-11-6-8-14(16-2,9-7-11)13(15)12-5-3-4-10-17-12/h5,11,13H,3-4,6-10,15H2,1-2H3. The first-order valence-electron chi connectivity index (χ1n) is 6.81. The summed E-state index contributed by atoms with van der Waals surface area (Å²) in [6, 6.07) is -0.0969. The van der Waals surface area contributed by atoms with Gasteiger partial charge in [0.15, 0.2) is 0 Å². The van der Waals surface area contributed by atoms with Crippen LogP contribution in [-0.4, -0.2) is 25.4 Å². The number of nitrogens with two attached hydrogens (primary N) is 1. The highest BCUT2D eigenvalue weighted by atomic mass is 16.5. The molecule has 0 amide bonds. The molecule has 0 aromatic rings. The Balaban J connectivity index is 2.08. The Morgan fingerprint density at radius 3 is 2.71 bits per heavy atom. The zero-order valence-corrected chi connectivity index (χ0v) is 11.1. The molecular formula is C14H25NO2. The third-order valence-corrected chi connectivity index (χ3v) is 4.36. The van der Waals surface area contributed by atoms with Crippen molar-refractivity contribution in [2.75, 3.05) is 13.7 Å². The van der Waals surface area contributed by atoms with Gasteiger partial charge in [-0.2, -0.15) is 0 Å². The first-order valence-corrected chi connectivity index (χ1v) is 6.81. The van der Waals surface area contributed by atoms with Crippen LogP contribution in [0.1, 0.15) is 45.4 Å². The molecular weight excluding hydrogens is 214 g/mol. The van der Waals surface area contributed by atoms with Crippen LogP contribution in [0.3, 0.4) is 0 Å². The first kappa shape index (κ1) is 12.9. The number of ether oxygens (including phenoxy) is 2. The smallest absolute Gasteiger partial charge is 0.112 e. The van der Waals surface area contributed by atoms with E-state index in [0.717, 1.165) is 44.0 Å². The van der Waals surface area contributed by atoms with Crippen molar-refractivity contribution in [1.82, 2.24) is 0 Å². The molecule has 2 rings (SSSR count). The molecule has 0 radical (unpaired) electrons. The number of allylic oxidation sites excluding steroid dienone is 1. The lowest BCUT2D eigenvalue weighted by Crippen LogP contribution is -2.53. The minimum absolute atomic E-state index is 0.0969. The average Bonchev–Trinajstić information content (AvgIpc) is 2.40. The number of hydrogen-bond donors (Lipinski definition) is 1.